The minimum atomic E-state index is 0.118. The molecule has 0 bridgehead atoms. The number of carbonyl (C=O) groups excluding carboxylic acids is 2. The predicted molar refractivity (Wildman–Crippen MR) is 93.1 cm³/mol. The van der Waals surface area contributed by atoms with Crippen LogP contribution in [0.5, 0.6) is 0 Å². The van der Waals surface area contributed by atoms with Crippen molar-refractivity contribution in [2.75, 3.05) is 32.7 Å². The largest absolute Gasteiger partial charge is 0.332 e. The molecule has 1 aliphatic heterocycles. The summed E-state index contributed by atoms with van der Waals surface area (Å²) in [6.45, 7) is 9.19. The molecule has 0 aliphatic carbocycles. The second kappa shape index (κ2) is 6.86. The van der Waals surface area contributed by atoms with Crippen molar-refractivity contribution < 1.29 is 14.5 Å². The number of rotatable bonds is 4. The first kappa shape index (κ1) is 16.9. The fourth-order valence-electron chi connectivity index (χ4n) is 3.30. The third-order valence-electron chi connectivity index (χ3n) is 4.67. The molecule has 3 rings (SSSR count). The van der Waals surface area contributed by atoms with Gasteiger partial charge in [-0.15, -0.1) is 11.3 Å². The number of aromatic nitrogens is 2. The number of quaternary nitrogens is 1. The molecule has 0 atom stereocenters. The summed E-state index contributed by atoms with van der Waals surface area (Å²) in [5.41, 5.74) is 2.76. The minimum absolute atomic E-state index is 0.118. The van der Waals surface area contributed by atoms with Gasteiger partial charge in [0.2, 0.25) is 11.7 Å². The summed E-state index contributed by atoms with van der Waals surface area (Å²) in [5, 5.41) is 2.83. The first-order chi connectivity index (χ1) is 11.5. The van der Waals surface area contributed by atoms with Crippen molar-refractivity contribution >= 4 is 23.0 Å². The molecule has 0 aromatic carbocycles. The van der Waals surface area contributed by atoms with Gasteiger partial charge in [-0.3, -0.25) is 14.2 Å². The zero-order valence-electron chi connectivity index (χ0n) is 14.3. The van der Waals surface area contributed by atoms with Crippen LogP contribution in [0.1, 0.15) is 28.7 Å². The van der Waals surface area contributed by atoms with E-state index in [0.29, 0.717) is 6.54 Å². The molecule has 1 amide bonds. The Morgan fingerprint density at radius 1 is 1.29 bits per heavy atom. The lowest BCUT2D eigenvalue weighted by Crippen LogP contribution is -3.15. The summed E-state index contributed by atoms with van der Waals surface area (Å²) < 4.78 is 2.04. The smallest absolute Gasteiger partial charge is 0.219 e. The Labute approximate surface area is 145 Å². The highest BCUT2D eigenvalue weighted by Gasteiger charge is 2.26. The molecule has 1 N–H and O–H groups in total. The zero-order valence-corrected chi connectivity index (χ0v) is 15.2. The molecule has 128 valence electrons. The molecule has 2 aromatic heterocycles. The maximum atomic E-state index is 12.8. The van der Waals surface area contributed by atoms with Crippen LogP contribution in [0.15, 0.2) is 17.6 Å². The Bertz CT molecular complexity index is 743. The molecule has 0 saturated carbocycles. The van der Waals surface area contributed by atoms with E-state index in [-0.39, 0.29) is 11.7 Å². The van der Waals surface area contributed by atoms with Crippen LogP contribution < -0.4 is 4.90 Å². The maximum Gasteiger partial charge on any atom is 0.219 e. The van der Waals surface area contributed by atoms with Gasteiger partial charge in [0.25, 0.3) is 0 Å². The first-order valence-electron chi connectivity index (χ1n) is 8.18. The number of nitrogens with zero attached hydrogens (tertiary/aromatic N) is 3. The van der Waals surface area contributed by atoms with Crippen LogP contribution in [0.4, 0.5) is 0 Å². The lowest BCUT2D eigenvalue weighted by atomic mass is 10.1. The van der Waals surface area contributed by atoms with Gasteiger partial charge < -0.3 is 9.80 Å². The highest BCUT2D eigenvalue weighted by molar-refractivity contribution is 7.12. The second-order valence-corrected chi connectivity index (χ2v) is 7.16. The topological polar surface area (TPSA) is 59.6 Å². The van der Waals surface area contributed by atoms with E-state index in [0.717, 1.165) is 48.3 Å². The highest BCUT2D eigenvalue weighted by Crippen LogP contribution is 2.22. The molecule has 24 heavy (non-hydrogen) atoms. The van der Waals surface area contributed by atoms with Gasteiger partial charge in [0.1, 0.15) is 6.54 Å². The van der Waals surface area contributed by atoms with Crippen LogP contribution in [0.2, 0.25) is 0 Å². The van der Waals surface area contributed by atoms with Crippen LogP contribution in [-0.4, -0.2) is 58.9 Å². The maximum absolute atomic E-state index is 12.8. The number of nitrogens with one attached hydrogen (secondary N) is 1. The SMILES string of the molecule is CC(=O)N1CC[NH+](CC(=O)c2cc(C)n(-c3nccs3)c2C)CC1. The number of amides is 1. The molecule has 7 heteroatoms. The Morgan fingerprint density at radius 3 is 2.58 bits per heavy atom. The normalized spacial score (nSPS) is 15.7. The van der Waals surface area contributed by atoms with Crippen molar-refractivity contribution in [1.29, 1.82) is 0 Å². The van der Waals surface area contributed by atoms with Gasteiger partial charge in [0, 0.05) is 35.5 Å². The van der Waals surface area contributed by atoms with E-state index >= 15 is 0 Å². The van der Waals surface area contributed by atoms with Crippen molar-refractivity contribution in [2.45, 2.75) is 20.8 Å². The van der Waals surface area contributed by atoms with Gasteiger partial charge in [-0.05, 0) is 19.9 Å². The van der Waals surface area contributed by atoms with Gasteiger partial charge >= 0.3 is 0 Å². The van der Waals surface area contributed by atoms with Gasteiger partial charge in [-0.1, -0.05) is 0 Å². The van der Waals surface area contributed by atoms with Gasteiger partial charge in [0.05, 0.1) is 26.2 Å². The standard InChI is InChI=1S/C17H22N4O2S/c1-12-10-15(13(2)21(12)17-18-4-9-24-17)16(23)11-19-5-7-20(8-6-19)14(3)22/h4,9-10H,5-8,11H2,1-3H3/p+1. The van der Waals surface area contributed by atoms with Crippen LogP contribution in [-0.2, 0) is 4.79 Å². The van der Waals surface area contributed by atoms with Crippen molar-refractivity contribution in [2.24, 2.45) is 0 Å². The summed E-state index contributed by atoms with van der Waals surface area (Å²) in [6, 6.07) is 1.96. The monoisotopic (exact) mass is 347 g/mol. The molecule has 0 spiro atoms. The lowest BCUT2D eigenvalue weighted by Gasteiger charge is -2.31. The average Bonchev–Trinajstić information content (AvgIpc) is 3.15. The van der Waals surface area contributed by atoms with Crippen molar-refractivity contribution in [3.05, 3.63) is 34.6 Å². The molecule has 0 unspecified atom stereocenters. The molecular weight excluding hydrogens is 324 g/mol. The van der Waals surface area contributed by atoms with Crippen molar-refractivity contribution in [1.82, 2.24) is 14.5 Å². The number of ketones is 1. The lowest BCUT2D eigenvalue weighted by molar-refractivity contribution is -0.895. The third-order valence-corrected chi connectivity index (χ3v) is 5.43. The molecule has 6 nitrogen and oxygen atoms in total. The first-order valence-corrected chi connectivity index (χ1v) is 9.06. The van der Waals surface area contributed by atoms with Crippen LogP contribution in [0, 0.1) is 13.8 Å². The van der Waals surface area contributed by atoms with E-state index in [1.165, 1.54) is 4.90 Å². The Balaban J connectivity index is 1.70. The van der Waals surface area contributed by atoms with Gasteiger partial charge in [0.15, 0.2) is 5.13 Å². The fraction of sp³-hybridized carbons (Fsp3) is 0.471. The van der Waals surface area contributed by atoms with E-state index in [2.05, 4.69) is 4.98 Å². The van der Waals surface area contributed by atoms with E-state index in [9.17, 15) is 9.59 Å². The predicted octanol–water partition coefficient (Wildman–Crippen LogP) is 0.480. The summed E-state index contributed by atoms with van der Waals surface area (Å²) >= 11 is 1.57. The number of piperazine rings is 1. The average molecular weight is 347 g/mol. The summed E-state index contributed by atoms with van der Waals surface area (Å²) in [5.74, 6) is 0.282. The molecule has 1 saturated heterocycles. The fourth-order valence-corrected chi connectivity index (χ4v) is 4.05. The van der Waals surface area contributed by atoms with E-state index in [1.54, 1.807) is 24.5 Å². The van der Waals surface area contributed by atoms with E-state index in [4.69, 9.17) is 0 Å². The van der Waals surface area contributed by atoms with Crippen molar-refractivity contribution in [3.8, 4) is 5.13 Å². The Hall–Kier alpha value is -1.99. The molecule has 2 aromatic rings. The summed E-state index contributed by atoms with van der Waals surface area (Å²) in [6.07, 6.45) is 1.78. The highest BCUT2D eigenvalue weighted by atomic mass is 32.1. The molecule has 1 fully saturated rings. The minimum Gasteiger partial charge on any atom is -0.332 e. The number of thiazole rings is 1. The van der Waals surface area contributed by atoms with Crippen molar-refractivity contribution in [3.63, 3.8) is 0 Å². The molecular formula is C17H23N4O2S+. The molecule has 0 radical (unpaired) electrons. The van der Waals surface area contributed by atoms with Crippen LogP contribution in [0.3, 0.4) is 0 Å². The number of hydrogen-bond donors (Lipinski definition) is 1. The summed E-state index contributed by atoms with van der Waals surface area (Å²) in [7, 11) is 0. The molecule has 1 aliphatic rings. The zero-order chi connectivity index (χ0) is 17.3. The quantitative estimate of drug-likeness (QED) is 0.819. The number of Topliss-reactive ketones (excluding diaryl/α,β-unsaturated/α-hetero) is 1. The number of carbonyl (C=O) groups is 2. The second-order valence-electron chi connectivity index (χ2n) is 6.29. The summed E-state index contributed by atoms with van der Waals surface area (Å²) in [4.78, 5) is 31.6. The van der Waals surface area contributed by atoms with Crippen LogP contribution >= 0.6 is 11.3 Å². The molecule has 3 heterocycles. The van der Waals surface area contributed by atoms with E-state index < -0.39 is 0 Å². The number of aryl methyl sites for hydroxylation is 1. The van der Waals surface area contributed by atoms with E-state index in [1.807, 2.05) is 34.8 Å². The number of hydrogen-bond acceptors (Lipinski definition) is 4. The third kappa shape index (κ3) is 3.27. The Kier molecular flexibility index (Phi) is 4.82. The van der Waals surface area contributed by atoms with Gasteiger partial charge in [-0.2, -0.15) is 0 Å². The van der Waals surface area contributed by atoms with Gasteiger partial charge in [-0.25, -0.2) is 4.98 Å². The Morgan fingerprint density at radius 2 is 2.00 bits per heavy atom. The van der Waals surface area contributed by atoms with Crippen LogP contribution in [0.25, 0.3) is 5.13 Å².